The third-order valence-corrected chi connectivity index (χ3v) is 5.97. The van der Waals surface area contributed by atoms with Crippen molar-refractivity contribution in [2.75, 3.05) is 26.2 Å². The highest BCUT2D eigenvalue weighted by Crippen LogP contribution is 2.27. The summed E-state index contributed by atoms with van der Waals surface area (Å²) in [7, 11) is 0. The van der Waals surface area contributed by atoms with Crippen molar-refractivity contribution in [2.45, 2.75) is 20.1 Å². The van der Waals surface area contributed by atoms with Gasteiger partial charge in [0.25, 0.3) is 5.91 Å². The Bertz CT molecular complexity index is 1150. The van der Waals surface area contributed by atoms with Gasteiger partial charge in [-0.2, -0.15) is 8.78 Å². The van der Waals surface area contributed by atoms with Crippen molar-refractivity contribution in [1.29, 1.82) is 0 Å². The fourth-order valence-corrected chi connectivity index (χ4v) is 3.90. The molecule has 0 spiro atoms. The number of halogens is 4. The minimum atomic E-state index is -1.59. The van der Waals surface area contributed by atoms with Crippen LogP contribution in [0.25, 0.3) is 0 Å². The molecule has 1 heterocycles. The molecular weight excluding hydrogens is 448 g/mol. The number of rotatable bonds is 6. The Labute approximate surface area is 195 Å². The van der Waals surface area contributed by atoms with Crippen molar-refractivity contribution < 1.29 is 27.1 Å². The summed E-state index contributed by atoms with van der Waals surface area (Å²) in [4.78, 5) is 17.0. The monoisotopic (exact) mass is 472 g/mol. The Morgan fingerprint density at radius 3 is 2.12 bits per heavy atom. The van der Waals surface area contributed by atoms with Gasteiger partial charge in [0.1, 0.15) is 6.61 Å². The highest BCUT2D eigenvalue weighted by atomic mass is 19.2. The number of hydrogen-bond acceptors (Lipinski definition) is 3. The number of amides is 1. The molecular formula is C26H24F4N2O2. The fraction of sp³-hybridized carbons (Fsp3) is 0.269. The number of nitrogens with zero attached hydrogens (tertiary/aromatic N) is 2. The first kappa shape index (κ1) is 23.8. The number of aryl methyl sites for hydroxylation is 1. The van der Waals surface area contributed by atoms with E-state index in [1.165, 1.54) is 11.1 Å². The van der Waals surface area contributed by atoms with E-state index in [0.29, 0.717) is 24.2 Å². The van der Waals surface area contributed by atoms with Crippen LogP contribution in [0.4, 0.5) is 17.6 Å². The summed E-state index contributed by atoms with van der Waals surface area (Å²) in [5, 5.41) is 0. The standard InChI is InChI=1S/C26H24F4N2O2/c1-17-4-2-3-5-20(17)15-31-10-12-32(13-11-31)26(33)19-8-6-18(7-9-19)16-34-25-23(29)21(27)14-22(28)24(25)30/h2-9,14H,10-13,15-16H2,1H3. The smallest absolute Gasteiger partial charge is 0.253 e. The van der Waals surface area contributed by atoms with Crippen LogP contribution in [0.1, 0.15) is 27.0 Å². The highest BCUT2D eigenvalue weighted by molar-refractivity contribution is 5.94. The van der Waals surface area contributed by atoms with Gasteiger partial charge in [-0.3, -0.25) is 9.69 Å². The van der Waals surface area contributed by atoms with Crippen molar-refractivity contribution >= 4 is 5.91 Å². The molecule has 0 bridgehead atoms. The second-order valence-corrected chi connectivity index (χ2v) is 8.28. The number of carbonyl (C=O) groups excluding carboxylic acids is 1. The van der Waals surface area contributed by atoms with Gasteiger partial charge in [-0.1, -0.05) is 36.4 Å². The third kappa shape index (κ3) is 5.22. The van der Waals surface area contributed by atoms with Crippen molar-refractivity contribution in [3.63, 3.8) is 0 Å². The Morgan fingerprint density at radius 2 is 1.50 bits per heavy atom. The Morgan fingerprint density at radius 1 is 0.882 bits per heavy atom. The van der Waals surface area contributed by atoms with Crippen molar-refractivity contribution in [3.05, 3.63) is 100 Å². The molecule has 0 saturated carbocycles. The zero-order valence-corrected chi connectivity index (χ0v) is 18.7. The molecule has 8 heteroatoms. The molecule has 1 aliphatic rings. The second kappa shape index (κ2) is 10.3. The second-order valence-electron chi connectivity index (χ2n) is 8.28. The summed E-state index contributed by atoms with van der Waals surface area (Å²) in [6, 6.07) is 14.7. The van der Waals surface area contributed by atoms with E-state index in [2.05, 4.69) is 24.0 Å². The van der Waals surface area contributed by atoms with Gasteiger partial charge in [0.05, 0.1) is 0 Å². The van der Waals surface area contributed by atoms with Gasteiger partial charge in [-0.25, -0.2) is 8.78 Å². The van der Waals surface area contributed by atoms with Crippen LogP contribution < -0.4 is 4.74 Å². The van der Waals surface area contributed by atoms with E-state index < -0.39 is 29.0 Å². The number of piperazine rings is 1. The van der Waals surface area contributed by atoms with Crippen LogP contribution in [-0.4, -0.2) is 41.9 Å². The first-order valence-corrected chi connectivity index (χ1v) is 10.9. The van der Waals surface area contributed by atoms with E-state index in [-0.39, 0.29) is 18.6 Å². The van der Waals surface area contributed by atoms with Crippen LogP contribution in [0.15, 0.2) is 54.6 Å². The van der Waals surface area contributed by atoms with Gasteiger partial charge in [0, 0.05) is 44.4 Å². The molecule has 0 radical (unpaired) electrons. The molecule has 1 saturated heterocycles. The topological polar surface area (TPSA) is 32.8 Å². The molecule has 0 aromatic heterocycles. The Balaban J connectivity index is 1.32. The lowest BCUT2D eigenvalue weighted by atomic mass is 10.1. The average molecular weight is 472 g/mol. The van der Waals surface area contributed by atoms with E-state index in [9.17, 15) is 22.4 Å². The SMILES string of the molecule is Cc1ccccc1CN1CCN(C(=O)c2ccc(COc3c(F)c(F)cc(F)c3F)cc2)CC1. The Hall–Kier alpha value is -3.39. The number of benzene rings is 3. The molecule has 34 heavy (non-hydrogen) atoms. The summed E-state index contributed by atoms with van der Waals surface area (Å²) in [6.07, 6.45) is 0. The summed E-state index contributed by atoms with van der Waals surface area (Å²) in [6.45, 7) is 5.38. The van der Waals surface area contributed by atoms with E-state index in [4.69, 9.17) is 4.74 Å². The summed E-state index contributed by atoms with van der Waals surface area (Å²) >= 11 is 0. The summed E-state index contributed by atoms with van der Waals surface area (Å²) < 4.78 is 59.0. The molecule has 0 atom stereocenters. The number of carbonyl (C=O) groups is 1. The maximum absolute atomic E-state index is 13.7. The first-order chi connectivity index (χ1) is 16.3. The molecule has 3 aromatic carbocycles. The first-order valence-electron chi connectivity index (χ1n) is 10.9. The van der Waals surface area contributed by atoms with Crippen LogP contribution in [0.3, 0.4) is 0 Å². The molecule has 4 nitrogen and oxygen atoms in total. The van der Waals surface area contributed by atoms with Crippen LogP contribution in [-0.2, 0) is 13.2 Å². The lowest BCUT2D eigenvalue weighted by Crippen LogP contribution is -2.48. The van der Waals surface area contributed by atoms with Gasteiger partial charge < -0.3 is 9.64 Å². The van der Waals surface area contributed by atoms with E-state index >= 15 is 0 Å². The lowest BCUT2D eigenvalue weighted by molar-refractivity contribution is 0.0628. The molecule has 0 N–H and O–H groups in total. The predicted molar refractivity (Wildman–Crippen MR) is 119 cm³/mol. The zero-order valence-electron chi connectivity index (χ0n) is 18.7. The fourth-order valence-electron chi connectivity index (χ4n) is 3.90. The van der Waals surface area contributed by atoms with Gasteiger partial charge >= 0.3 is 0 Å². The van der Waals surface area contributed by atoms with E-state index in [1.807, 2.05) is 12.1 Å². The predicted octanol–water partition coefficient (Wildman–Crippen LogP) is 5.09. The number of hydrogen-bond donors (Lipinski definition) is 0. The average Bonchev–Trinajstić information content (AvgIpc) is 2.85. The quantitative estimate of drug-likeness (QED) is 0.370. The van der Waals surface area contributed by atoms with Gasteiger partial charge in [-0.05, 0) is 35.7 Å². The molecule has 1 amide bonds. The maximum atomic E-state index is 13.7. The molecule has 1 aliphatic heterocycles. The molecule has 0 unspecified atom stereocenters. The Kier molecular flexibility index (Phi) is 7.17. The van der Waals surface area contributed by atoms with E-state index in [0.717, 1.165) is 19.6 Å². The molecule has 3 aromatic rings. The minimum absolute atomic E-state index is 0.104. The third-order valence-electron chi connectivity index (χ3n) is 5.97. The largest absolute Gasteiger partial charge is 0.483 e. The molecule has 1 fully saturated rings. The van der Waals surface area contributed by atoms with E-state index in [1.54, 1.807) is 29.2 Å². The summed E-state index contributed by atoms with van der Waals surface area (Å²) in [5.41, 5.74) is 3.49. The maximum Gasteiger partial charge on any atom is 0.253 e. The van der Waals surface area contributed by atoms with Crippen LogP contribution in [0.2, 0.25) is 0 Å². The van der Waals surface area contributed by atoms with Crippen LogP contribution in [0.5, 0.6) is 5.75 Å². The minimum Gasteiger partial charge on any atom is -0.483 e. The van der Waals surface area contributed by atoms with Crippen molar-refractivity contribution in [1.82, 2.24) is 9.80 Å². The zero-order chi connectivity index (χ0) is 24.2. The van der Waals surface area contributed by atoms with Gasteiger partial charge in [-0.15, -0.1) is 0 Å². The van der Waals surface area contributed by atoms with Crippen molar-refractivity contribution in [3.8, 4) is 5.75 Å². The normalized spacial score (nSPS) is 14.3. The lowest BCUT2D eigenvalue weighted by Gasteiger charge is -2.35. The number of ether oxygens (including phenoxy) is 1. The highest BCUT2D eigenvalue weighted by Gasteiger charge is 2.23. The van der Waals surface area contributed by atoms with Crippen LogP contribution in [0, 0.1) is 30.2 Å². The van der Waals surface area contributed by atoms with Crippen molar-refractivity contribution in [2.24, 2.45) is 0 Å². The van der Waals surface area contributed by atoms with Crippen LogP contribution >= 0.6 is 0 Å². The molecule has 178 valence electrons. The summed E-state index contributed by atoms with van der Waals surface area (Å²) in [5.74, 6) is -7.46. The van der Waals surface area contributed by atoms with Gasteiger partial charge in [0.15, 0.2) is 17.4 Å². The molecule has 4 rings (SSSR count). The molecule has 0 aliphatic carbocycles. The van der Waals surface area contributed by atoms with Gasteiger partial charge in [0.2, 0.25) is 11.6 Å².